The van der Waals surface area contributed by atoms with Gasteiger partial charge in [0.1, 0.15) is 5.54 Å². The van der Waals surface area contributed by atoms with E-state index in [0.717, 1.165) is 29.4 Å². The van der Waals surface area contributed by atoms with Gasteiger partial charge in [-0.05, 0) is 18.9 Å². The van der Waals surface area contributed by atoms with E-state index in [1.165, 1.54) is 0 Å². The predicted octanol–water partition coefficient (Wildman–Crippen LogP) is 2.15. The van der Waals surface area contributed by atoms with E-state index in [2.05, 4.69) is 9.98 Å². The Hall–Kier alpha value is -1.93. The molecule has 4 nitrogen and oxygen atoms in total. The molecular weight excluding hydrogens is 192 g/mol. The molecule has 3 rings (SSSR count). The molecule has 2 aromatic rings. The molecule has 1 aliphatic carbocycles. The van der Waals surface area contributed by atoms with Crippen LogP contribution in [0.5, 0.6) is 0 Å². The third kappa shape index (κ3) is 1.12. The summed E-state index contributed by atoms with van der Waals surface area (Å²) in [4.78, 5) is 18.2. The summed E-state index contributed by atoms with van der Waals surface area (Å²) in [5, 5.41) is 0.988. The first-order chi connectivity index (χ1) is 7.36. The number of nitrogens with zero attached hydrogens (tertiary/aromatic N) is 2. The zero-order valence-electron chi connectivity index (χ0n) is 7.93. The number of hydrogen-bond acceptors (Lipinski definition) is 4. The van der Waals surface area contributed by atoms with E-state index in [9.17, 15) is 4.79 Å². The lowest BCUT2D eigenvalue weighted by Gasteiger charge is -2.03. The van der Waals surface area contributed by atoms with Crippen molar-refractivity contribution in [2.45, 2.75) is 18.4 Å². The number of carbonyl (C=O) groups excluding carboxylic acids is 1. The third-order valence-electron chi connectivity index (χ3n) is 2.86. The Morgan fingerprint density at radius 1 is 1.53 bits per heavy atom. The second kappa shape index (κ2) is 2.78. The Labute approximate surface area is 85.6 Å². The highest BCUT2D eigenvalue weighted by Gasteiger charge is 2.46. The van der Waals surface area contributed by atoms with Crippen molar-refractivity contribution in [2.75, 3.05) is 0 Å². The maximum Gasteiger partial charge on any atom is 0.235 e. The summed E-state index contributed by atoms with van der Waals surface area (Å²) < 4.78 is 5.37. The quantitative estimate of drug-likeness (QED) is 0.551. The van der Waals surface area contributed by atoms with Crippen molar-refractivity contribution in [1.82, 2.24) is 4.98 Å². The van der Waals surface area contributed by atoms with Crippen LogP contribution in [0, 0.1) is 0 Å². The molecule has 0 radical (unpaired) electrons. The molecule has 1 saturated carbocycles. The van der Waals surface area contributed by atoms with E-state index >= 15 is 0 Å². The number of aliphatic imine (C=N–C) groups is 1. The molecule has 0 spiro atoms. The third-order valence-corrected chi connectivity index (χ3v) is 2.86. The lowest BCUT2D eigenvalue weighted by molar-refractivity contribution is 0.554. The van der Waals surface area contributed by atoms with E-state index < -0.39 is 0 Å². The SMILES string of the molecule is O=C=NC1(c2coc3cnccc23)CC1. The molecule has 0 amide bonds. The first-order valence-corrected chi connectivity index (χ1v) is 4.76. The smallest absolute Gasteiger partial charge is 0.235 e. The fourth-order valence-corrected chi connectivity index (χ4v) is 1.89. The van der Waals surface area contributed by atoms with Gasteiger partial charge in [-0.2, -0.15) is 4.99 Å². The van der Waals surface area contributed by atoms with Gasteiger partial charge in [0.25, 0.3) is 0 Å². The second-order valence-corrected chi connectivity index (χ2v) is 3.76. The zero-order chi connectivity index (χ0) is 10.3. The average Bonchev–Trinajstić information content (AvgIpc) is 2.91. The molecule has 2 heterocycles. The summed E-state index contributed by atoms with van der Waals surface area (Å²) >= 11 is 0. The van der Waals surface area contributed by atoms with Gasteiger partial charge < -0.3 is 4.42 Å². The van der Waals surface area contributed by atoms with Crippen LogP contribution in [0.4, 0.5) is 0 Å². The molecule has 2 aromatic heterocycles. The van der Waals surface area contributed by atoms with Crippen LogP contribution in [0.25, 0.3) is 11.0 Å². The van der Waals surface area contributed by atoms with Crippen LogP contribution in [-0.2, 0) is 10.3 Å². The maximum absolute atomic E-state index is 10.4. The topological polar surface area (TPSA) is 55.5 Å². The van der Waals surface area contributed by atoms with Crippen molar-refractivity contribution in [1.29, 1.82) is 0 Å². The Kier molecular flexibility index (Phi) is 1.55. The zero-order valence-corrected chi connectivity index (χ0v) is 7.93. The molecule has 1 fully saturated rings. The van der Waals surface area contributed by atoms with E-state index in [1.54, 1.807) is 24.7 Å². The molecule has 15 heavy (non-hydrogen) atoms. The molecule has 74 valence electrons. The Balaban J connectivity index is 2.24. The molecule has 0 saturated heterocycles. The number of rotatable bonds is 2. The van der Waals surface area contributed by atoms with Crippen LogP contribution in [-0.4, -0.2) is 11.1 Å². The van der Waals surface area contributed by atoms with Gasteiger partial charge in [0.15, 0.2) is 5.58 Å². The van der Waals surface area contributed by atoms with Gasteiger partial charge in [0.05, 0.1) is 12.5 Å². The van der Waals surface area contributed by atoms with Crippen LogP contribution in [0.1, 0.15) is 18.4 Å². The molecule has 0 atom stereocenters. The van der Waals surface area contributed by atoms with Gasteiger partial charge in [-0.3, -0.25) is 4.98 Å². The highest BCUT2D eigenvalue weighted by molar-refractivity contribution is 5.81. The standard InChI is InChI=1S/C11H8N2O2/c14-7-13-11(2-3-11)9-6-15-10-5-12-4-1-8(9)10/h1,4-6H,2-3H2. The minimum atomic E-state index is -0.367. The normalized spacial score (nSPS) is 17.3. The number of fused-ring (bicyclic) bond motifs is 1. The molecule has 4 heteroatoms. The number of isocyanates is 1. The first-order valence-electron chi connectivity index (χ1n) is 4.76. The summed E-state index contributed by atoms with van der Waals surface area (Å²) in [6.45, 7) is 0. The highest BCUT2D eigenvalue weighted by Crippen LogP contribution is 2.51. The maximum atomic E-state index is 10.4. The van der Waals surface area contributed by atoms with Crippen LogP contribution < -0.4 is 0 Å². The molecule has 1 aliphatic rings. The number of hydrogen-bond donors (Lipinski definition) is 0. The Morgan fingerprint density at radius 3 is 3.13 bits per heavy atom. The summed E-state index contributed by atoms with van der Waals surface area (Å²) in [5.41, 5.74) is 1.34. The second-order valence-electron chi connectivity index (χ2n) is 3.76. The van der Waals surface area contributed by atoms with Crippen molar-refractivity contribution in [3.8, 4) is 0 Å². The van der Waals surface area contributed by atoms with Gasteiger partial charge in [-0.25, -0.2) is 4.79 Å². The summed E-state index contributed by atoms with van der Waals surface area (Å²) in [5.74, 6) is 0. The lowest BCUT2D eigenvalue weighted by atomic mass is 10.1. The fourth-order valence-electron chi connectivity index (χ4n) is 1.89. The highest BCUT2D eigenvalue weighted by atomic mass is 16.3. The van der Waals surface area contributed by atoms with Crippen molar-refractivity contribution in [3.63, 3.8) is 0 Å². The van der Waals surface area contributed by atoms with E-state index in [1.807, 2.05) is 6.07 Å². The molecular formula is C11H8N2O2. The van der Waals surface area contributed by atoms with E-state index in [0.29, 0.717) is 0 Å². The average molecular weight is 200 g/mol. The minimum Gasteiger partial charge on any atom is -0.462 e. The molecule has 0 bridgehead atoms. The largest absolute Gasteiger partial charge is 0.462 e. The molecule has 0 aliphatic heterocycles. The number of furan rings is 1. The van der Waals surface area contributed by atoms with Crippen LogP contribution in [0.2, 0.25) is 0 Å². The van der Waals surface area contributed by atoms with E-state index in [-0.39, 0.29) is 5.54 Å². The minimum absolute atomic E-state index is 0.367. The van der Waals surface area contributed by atoms with Gasteiger partial charge in [0, 0.05) is 17.1 Å². The predicted molar refractivity (Wildman–Crippen MR) is 53.0 cm³/mol. The fraction of sp³-hybridized carbons (Fsp3) is 0.273. The van der Waals surface area contributed by atoms with Crippen molar-refractivity contribution < 1.29 is 9.21 Å². The molecule has 0 aromatic carbocycles. The molecule has 0 N–H and O–H groups in total. The van der Waals surface area contributed by atoms with Crippen LogP contribution in [0.15, 0.2) is 34.1 Å². The summed E-state index contributed by atoms with van der Waals surface area (Å²) in [6, 6.07) is 1.88. The van der Waals surface area contributed by atoms with Gasteiger partial charge >= 0.3 is 0 Å². The monoisotopic (exact) mass is 200 g/mol. The Bertz CT molecular complexity index is 563. The first kappa shape index (κ1) is 8.38. The summed E-state index contributed by atoms with van der Waals surface area (Å²) in [6.07, 6.45) is 8.46. The van der Waals surface area contributed by atoms with Gasteiger partial charge in [-0.1, -0.05) is 0 Å². The van der Waals surface area contributed by atoms with Crippen molar-refractivity contribution >= 4 is 17.0 Å². The van der Waals surface area contributed by atoms with Crippen molar-refractivity contribution in [2.24, 2.45) is 4.99 Å². The van der Waals surface area contributed by atoms with Gasteiger partial charge in [-0.15, -0.1) is 0 Å². The summed E-state index contributed by atoms with van der Waals surface area (Å²) in [7, 11) is 0. The Morgan fingerprint density at radius 2 is 2.40 bits per heavy atom. The molecule has 0 unspecified atom stereocenters. The van der Waals surface area contributed by atoms with Gasteiger partial charge in [0.2, 0.25) is 6.08 Å². The number of aromatic nitrogens is 1. The van der Waals surface area contributed by atoms with E-state index in [4.69, 9.17) is 4.42 Å². The van der Waals surface area contributed by atoms with Crippen LogP contribution in [0.3, 0.4) is 0 Å². The number of pyridine rings is 1. The van der Waals surface area contributed by atoms with Crippen LogP contribution >= 0.6 is 0 Å². The lowest BCUT2D eigenvalue weighted by Crippen LogP contribution is -2.00. The van der Waals surface area contributed by atoms with Crippen molar-refractivity contribution in [3.05, 3.63) is 30.3 Å².